The van der Waals surface area contributed by atoms with Gasteiger partial charge in [-0.25, -0.2) is 0 Å². The van der Waals surface area contributed by atoms with Crippen molar-refractivity contribution in [2.75, 3.05) is 0 Å². The summed E-state index contributed by atoms with van der Waals surface area (Å²) in [5.74, 6) is 2.78. The Balaban J connectivity index is 1.80. The summed E-state index contributed by atoms with van der Waals surface area (Å²) >= 11 is 0. The standard InChI is InChI=1S/C12H18O2/c1-2-14-11-6-7-5-9(11)12-8(7)3-4-10(12)13/h2,7-13H,1,3-6H2. The van der Waals surface area contributed by atoms with Crippen molar-refractivity contribution >= 4 is 0 Å². The van der Waals surface area contributed by atoms with E-state index in [1.165, 1.54) is 19.3 Å². The molecule has 0 heterocycles. The summed E-state index contributed by atoms with van der Waals surface area (Å²) in [6, 6.07) is 0. The molecule has 2 bridgehead atoms. The van der Waals surface area contributed by atoms with E-state index in [4.69, 9.17) is 4.74 Å². The van der Waals surface area contributed by atoms with E-state index in [2.05, 4.69) is 6.58 Å². The highest BCUT2D eigenvalue weighted by atomic mass is 16.5. The summed E-state index contributed by atoms with van der Waals surface area (Å²) in [5, 5.41) is 9.93. The van der Waals surface area contributed by atoms with Crippen LogP contribution in [-0.4, -0.2) is 17.3 Å². The molecule has 0 aromatic carbocycles. The summed E-state index contributed by atoms with van der Waals surface area (Å²) in [7, 11) is 0. The monoisotopic (exact) mass is 194 g/mol. The molecule has 0 radical (unpaired) electrons. The molecule has 1 N–H and O–H groups in total. The van der Waals surface area contributed by atoms with Crippen LogP contribution in [0.5, 0.6) is 0 Å². The van der Waals surface area contributed by atoms with E-state index in [0.29, 0.717) is 17.9 Å². The van der Waals surface area contributed by atoms with Crippen molar-refractivity contribution < 1.29 is 9.84 Å². The second kappa shape index (κ2) is 2.99. The molecule has 3 fully saturated rings. The van der Waals surface area contributed by atoms with Gasteiger partial charge in [0.15, 0.2) is 0 Å². The summed E-state index contributed by atoms with van der Waals surface area (Å²) in [5.41, 5.74) is 0. The second-order valence-corrected chi connectivity index (χ2v) is 5.12. The number of hydrogen-bond donors (Lipinski definition) is 1. The van der Waals surface area contributed by atoms with Crippen molar-refractivity contribution in [1.82, 2.24) is 0 Å². The highest BCUT2D eigenvalue weighted by Crippen LogP contribution is 2.59. The van der Waals surface area contributed by atoms with Crippen molar-refractivity contribution in [1.29, 1.82) is 0 Å². The molecule has 0 saturated heterocycles. The van der Waals surface area contributed by atoms with Crippen LogP contribution in [0.4, 0.5) is 0 Å². The van der Waals surface area contributed by atoms with Crippen LogP contribution in [0.3, 0.4) is 0 Å². The Morgan fingerprint density at radius 3 is 2.86 bits per heavy atom. The first-order valence-corrected chi connectivity index (χ1v) is 5.75. The summed E-state index contributed by atoms with van der Waals surface area (Å²) < 4.78 is 5.55. The number of ether oxygens (including phenoxy) is 1. The predicted octanol–water partition coefficient (Wildman–Crippen LogP) is 1.94. The van der Waals surface area contributed by atoms with Crippen LogP contribution in [0.1, 0.15) is 25.7 Å². The zero-order chi connectivity index (χ0) is 9.71. The van der Waals surface area contributed by atoms with Gasteiger partial charge in [0.1, 0.15) is 6.10 Å². The van der Waals surface area contributed by atoms with Gasteiger partial charge in [-0.1, -0.05) is 6.58 Å². The molecule has 3 aliphatic rings. The molecule has 0 aromatic heterocycles. The Morgan fingerprint density at radius 1 is 1.21 bits per heavy atom. The molecular weight excluding hydrogens is 176 g/mol. The van der Waals surface area contributed by atoms with Crippen molar-refractivity contribution in [2.24, 2.45) is 23.7 Å². The predicted molar refractivity (Wildman–Crippen MR) is 53.5 cm³/mol. The zero-order valence-electron chi connectivity index (χ0n) is 8.43. The zero-order valence-corrected chi connectivity index (χ0v) is 8.43. The number of rotatable bonds is 2. The molecular formula is C12H18O2. The molecule has 0 spiro atoms. The number of aliphatic hydroxyl groups is 1. The van der Waals surface area contributed by atoms with Gasteiger partial charge < -0.3 is 9.84 Å². The maximum atomic E-state index is 9.93. The lowest BCUT2D eigenvalue weighted by Crippen LogP contribution is -2.34. The number of fused-ring (bicyclic) bond motifs is 5. The Hall–Kier alpha value is -0.500. The van der Waals surface area contributed by atoms with Gasteiger partial charge in [0.2, 0.25) is 0 Å². The van der Waals surface area contributed by atoms with Gasteiger partial charge >= 0.3 is 0 Å². The molecule has 6 unspecified atom stereocenters. The van der Waals surface area contributed by atoms with Crippen molar-refractivity contribution in [3.8, 4) is 0 Å². The topological polar surface area (TPSA) is 29.5 Å². The summed E-state index contributed by atoms with van der Waals surface area (Å²) in [6.45, 7) is 3.63. The highest BCUT2D eigenvalue weighted by Gasteiger charge is 2.57. The fourth-order valence-electron chi connectivity index (χ4n) is 4.29. The molecule has 0 aromatic rings. The van der Waals surface area contributed by atoms with E-state index in [0.717, 1.165) is 18.3 Å². The van der Waals surface area contributed by atoms with Crippen molar-refractivity contribution in [3.05, 3.63) is 12.8 Å². The van der Waals surface area contributed by atoms with Gasteiger partial charge in [-0.2, -0.15) is 0 Å². The van der Waals surface area contributed by atoms with Gasteiger partial charge in [0.25, 0.3) is 0 Å². The molecule has 14 heavy (non-hydrogen) atoms. The average Bonchev–Trinajstić information content (AvgIpc) is 2.78. The fourth-order valence-corrected chi connectivity index (χ4v) is 4.29. The van der Waals surface area contributed by atoms with Gasteiger partial charge in [-0.05, 0) is 43.4 Å². The second-order valence-electron chi connectivity index (χ2n) is 5.12. The normalized spacial score (nSPS) is 54.6. The van der Waals surface area contributed by atoms with Crippen LogP contribution < -0.4 is 0 Å². The third-order valence-electron chi connectivity index (χ3n) is 4.69. The first-order chi connectivity index (χ1) is 6.81. The Kier molecular flexibility index (Phi) is 1.88. The largest absolute Gasteiger partial charge is 0.498 e. The highest BCUT2D eigenvalue weighted by molar-refractivity contribution is 5.06. The van der Waals surface area contributed by atoms with E-state index in [9.17, 15) is 5.11 Å². The van der Waals surface area contributed by atoms with E-state index in [1.54, 1.807) is 6.26 Å². The Morgan fingerprint density at radius 2 is 2.07 bits per heavy atom. The van der Waals surface area contributed by atoms with Crippen LogP contribution in [0.15, 0.2) is 12.8 Å². The Labute approximate surface area is 85.0 Å². The van der Waals surface area contributed by atoms with Crippen LogP contribution in [0.25, 0.3) is 0 Å². The average molecular weight is 194 g/mol. The molecule has 2 heteroatoms. The van der Waals surface area contributed by atoms with E-state index >= 15 is 0 Å². The lowest BCUT2D eigenvalue weighted by atomic mass is 9.79. The van der Waals surface area contributed by atoms with Gasteiger partial charge in [0.05, 0.1) is 12.4 Å². The lowest BCUT2D eigenvalue weighted by Gasteiger charge is -2.32. The minimum atomic E-state index is -0.0498. The maximum Gasteiger partial charge on any atom is 0.101 e. The fraction of sp³-hybridized carbons (Fsp3) is 0.833. The molecule has 3 rings (SSSR count). The smallest absolute Gasteiger partial charge is 0.101 e. The third-order valence-corrected chi connectivity index (χ3v) is 4.69. The maximum absolute atomic E-state index is 9.93. The van der Waals surface area contributed by atoms with E-state index in [1.807, 2.05) is 0 Å². The van der Waals surface area contributed by atoms with E-state index in [-0.39, 0.29) is 6.10 Å². The van der Waals surface area contributed by atoms with Crippen LogP contribution >= 0.6 is 0 Å². The Bertz CT molecular complexity index is 251. The molecule has 6 atom stereocenters. The molecule has 3 aliphatic carbocycles. The van der Waals surface area contributed by atoms with Crippen LogP contribution in [0.2, 0.25) is 0 Å². The first-order valence-electron chi connectivity index (χ1n) is 5.75. The summed E-state index contributed by atoms with van der Waals surface area (Å²) in [4.78, 5) is 0. The van der Waals surface area contributed by atoms with Gasteiger partial charge in [-0.3, -0.25) is 0 Å². The summed E-state index contributed by atoms with van der Waals surface area (Å²) in [6.07, 6.45) is 6.62. The minimum absolute atomic E-state index is 0.0498. The lowest BCUT2D eigenvalue weighted by molar-refractivity contribution is 0.00639. The number of aliphatic hydroxyl groups excluding tert-OH is 1. The third kappa shape index (κ3) is 1.01. The van der Waals surface area contributed by atoms with Crippen molar-refractivity contribution in [2.45, 2.75) is 37.9 Å². The van der Waals surface area contributed by atoms with Crippen LogP contribution in [0, 0.1) is 23.7 Å². The van der Waals surface area contributed by atoms with Gasteiger partial charge in [-0.15, -0.1) is 0 Å². The van der Waals surface area contributed by atoms with Crippen molar-refractivity contribution in [3.63, 3.8) is 0 Å². The molecule has 0 amide bonds. The first kappa shape index (κ1) is 8.78. The van der Waals surface area contributed by atoms with E-state index < -0.39 is 0 Å². The quantitative estimate of drug-likeness (QED) is 0.681. The molecule has 78 valence electrons. The van der Waals surface area contributed by atoms with Gasteiger partial charge in [0, 0.05) is 5.92 Å². The molecule has 2 nitrogen and oxygen atoms in total. The molecule has 3 saturated carbocycles. The SMILES string of the molecule is C=COC1CC2CC1C1C(O)CCC21. The van der Waals surface area contributed by atoms with Crippen LogP contribution in [-0.2, 0) is 4.74 Å². The molecule has 0 aliphatic heterocycles. The minimum Gasteiger partial charge on any atom is -0.498 e. The number of hydrogen-bond acceptors (Lipinski definition) is 2.